The number of nitrogens with one attached hydrogen (secondary N) is 1. The lowest BCUT2D eigenvalue weighted by Gasteiger charge is -2.18. The molecule has 0 aliphatic heterocycles. The fraction of sp³-hybridized carbons (Fsp3) is 0.455. The molecule has 20 heavy (non-hydrogen) atoms. The SMILES string of the molecule is Cn1cc(CCNC(=O)N(CC(=O)O)CC(=O)O)cn1. The Morgan fingerprint density at radius 2 is 1.90 bits per heavy atom. The topological polar surface area (TPSA) is 125 Å². The van der Waals surface area contributed by atoms with E-state index in [1.807, 2.05) is 0 Å². The number of carbonyl (C=O) groups excluding carboxylic acids is 1. The van der Waals surface area contributed by atoms with Gasteiger partial charge in [-0.3, -0.25) is 14.3 Å². The number of aryl methyl sites for hydroxylation is 1. The zero-order chi connectivity index (χ0) is 15.1. The number of amides is 2. The second-order valence-electron chi connectivity index (χ2n) is 4.15. The maximum absolute atomic E-state index is 11.7. The van der Waals surface area contributed by atoms with Crippen molar-refractivity contribution in [2.24, 2.45) is 7.05 Å². The van der Waals surface area contributed by atoms with Crippen LogP contribution in [-0.4, -0.2) is 62.5 Å². The Morgan fingerprint density at radius 1 is 1.30 bits per heavy atom. The van der Waals surface area contributed by atoms with Gasteiger partial charge in [0.1, 0.15) is 13.1 Å². The van der Waals surface area contributed by atoms with E-state index >= 15 is 0 Å². The van der Waals surface area contributed by atoms with Crippen molar-refractivity contribution in [3.8, 4) is 0 Å². The van der Waals surface area contributed by atoms with Gasteiger partial charge in [-0.25, -0.2) is 4.79 Å². The highest BCUT2D eigenvalue weighted by atomic mass is 16.4. The molecule has 2 amide bonds. The number of rotatable bonds is 7. The van der Waals surface area contributed by atoms with Crippen LogP contribution in [0, 0.1) is 0 Å². The Hall–Kier alpha value is -2.58. The van der Waals surface area contributed by atoms with Crippen LogP contribution in [0.15, 0.2) is 12.4 Å². The van der Waals surface area contributed by atoms with Crippen molar-refractivity contribution in [1.29, 1.82) is 0 Å². The van der Waals surface area contributed by atoms with E-state index in [9.17, 15) is 14.4 Å². The fourth-order valence-electron chi connectivity index (χ4n) is 1.55. The smallest absolute Gasteiger partial charge is 0.323 e. The molecule has 0 spiro atoms. The summed E-state index contributed by atoms with van der Waals surface area (Å²) < 4.78 is 1.62. The number of urea groups is 1. The van der Waals surface area contributed by atoms with Crippen LogP contribution in [0.4, 0.5) is 4.79 Å². The van der Waals surface area contributed by atoms with E-state index < -0.39 is 31.1 Å². The minimum absolute atomic E-state index is 0.264. The van der Waals surface area contributed by atoms with E-state index in [0.717, 1.165) is 5.56 Å². The molecule has 0 aliphatic rings. The summed E-state index contributed by atoms with van der Waals surface area (Å²) in [5, 5.41) is 23.7. The van der Waals surface area contributed by atoms with Crippen LogP contribution in [0.5, 0.6) is 0 Å². The van der Waals surface area contributed by atoms with Gasteiger partial charge in [0.05, 0.1) is 6.20 Å². The average molecular weight is 284 g/mol. The van der Waals surface area contributed by atoms with Gasteiger partial charge in [0.25, 0.3) is 0 Å². The molecule has 0 aromatic carbocycles. The first kappa shape index (κ1) is 15.5. The van der Waals surface area contributed by atoms with Crippen molar-refractivity contribution in [2.75, 3.05) is 19.6 Å². The Morgan fingerprint density at radius 3 is 2.35 bits per heavy atom. The minimum Gasteiger partial charge on any atom is -0.480 e. The molecule has 1 aromatic heterocycles. The number of carboxylic acids is 2. The highest BCUT2D eigenvalue weighted by Gasteiger charge is 2.19. The maximum atomic E-state index is 11.7. The van der Waals surface area contributed by atoms with Gasteiger partial charge in [0.2, 0.25) is 0 Å². The molecule has 1 rings (SSSR count). The third kappa shape index (κ3) is 5.38. The number of carbonyl (C=O) groups is 3. The summed E-state index contributed by atoms with van der Waals surface area (Å²) in [7, 11) is 1.77. The maximum Gasteiger partial charge on any atom is 0.323 e. The number of hydrogen-bond acceptors (Lipinski definition) is 4. The van der Waals surface area contributed by atoms with Crippen molar-refractivity contribution >= 4 is 18.0 Å². The van der Waals surface area contributed by atoms with E-state index in [0.29, 0.717) is 11.3 Å². The number of aliphatic carboxylic acids is 2. The molecule has 9 nitrogen and oxygen atoms in total. The van der Waals surface area contributed by atoms with Crippen molar-refractivity contribution < 1.29 is 24.6 Å². The predicted molar refractivity (Wildman–Crippen MR) is 67.2 cm³/mol. The molecule has 1 aromatic rings. The van der Waals surface area contributed by atoms with Crippen molar-refractivity contribution in [3.63, 3.8) is 0 Å². The van der Waals surface area contributed by atoms with Gasteiger partial charge in [-0.1, -0.05) is 0 Å². The Balaban J connectivity index is 2.44. The summed E-state index contributed by atoms with van der Waals surface area (Å²) in [6.45, 7) is -1.06. The lowest BCUT2D eigenvalue weighted by Crippen LogP contribution is -2.45. The number of nitrogens with zero attached hydrogens (tertiary/aromatic N) is 3. The number of hydrogen-bond donors (Lipinski definition) is 3. The molecule has 3 N–H and O–H groups in total. The van der Waals surface area contributed by atoms with Crippen LogP contribution in [0.3, 0.4) is 0 Å². The Labute approximate surface area is 114 Å². The average Bonchev–Trinajstić information content (AvgIpc) is 2.73. The van der Waals surface area contributed by atoms with Gasteiger partial charge < -0.3 is 20.4 Å². The molecule has 9 heteroatoms. The second-order valence-corrected chi connectivity index (χ2v) is 4.15. The van der Waals surface area contributed by atoms with Crippen LogP contribution >= 0.6 is 0 Å². The normalized spacial score (nSPS) is 10.1. The molecular formula is C11H16N4O5. The summed E-state index contributed by atoms with van der Waals surface area (Å²) in [6, 6.07) is -0.723. The quantitative estimate of drug-likeness (QED) is 0.598. The first-order chi connectivity index (χ1) is 9.38. The molecule has 1 heterocycles. The predicted octanol–water partition coefficient (Wildman–Crippen LogP) is -0.857. The van der Waals surface area contributed by atoms with E-state index in [1.165, 1.54) is 0 Å². The van der Waals surface area contributed by atoms with Crippen molar-refractivity contribution in [3.05, 3.63) is 18.0 Å². The van der Waals surface area contributed by atoms with Gasteiger partial charge in [-0.2, -0.15) is 5.10 Å². The first-order valence-electron chi connectivity index (χ1n) is 5.82. The Bertz CT molecular complexity index is 483. The van der Waals surface area contributed by atoms with Gasteiger partial charge in [-0.15, -0.1) is 0 Å². The zero-order valence-electron chi connectivity index (χ0n) is 10.9. The largest absolute Gasteiger partial charge is 0.480 e. The summed E-state index contributed by atoms with van der Waals surface area (Å²) in [5.74, 6) is -2.54. The van der Waals surface area contributed by atoms with Gasteiger partial charge >= 0.3 is 18.0 Å². The third-order valence-corrected chi connectivity index (χ3v) is 2.39. The van der Waals surface area contributed by atoms with Crippen LogP contribution in [0.2, 0.25) is 0 Å². The van der Waals surface area contributed by atoms with E-state index in [1.54, 1.807) is 24.1 Å². The summed E-state index contributed by atoms with van der Waals surface area (Å²) in [4.78, 5) is 33.5. The highest BCUT2D eigenvalue weighted by Crippen LogP contribution is 1.97. The molecule has 0 unspecified atom stereocenters. The highest BCUT2D eigenvalue weighted by molar-refractivity contribution is 5.84. The standard InChI is InChI=1S/C11H16N4O5/c1-14-5-8(4-13-14)2-3-12-11(20)15(6-9(16)17)7-10(18)19/h4-5H,2-3,6-7H2,1H3,(H,12,20)(H,16,17)(H,18,19). The summed E-state index contributed by atoms with van der Waals surface area (Å²) >= 11 is 0. The van der Waals surface area contributed by atoms with E-state index in [-0.39, 0.29) is 6.54 Å². The van der Waals surface area contributed by atoms with Crippen molar-refractivity contribution in [1.82, 2.24) is 20.0 Å². The molecule has 0 bridgehead atoms. The van der Waals surface area contributed by atoms with E-state index in [4.69, 9.17) is 10.2 Å². The number of aromatic nitrogens is 2. The lowest BCUT2D eigenvalue weighted by molar-refractivity contribution is -0.140. The molecular weight excluding hydrogens is 268 g/mol. The molecule has 110 valence electrons. The third-order valence-electron chi connectivity index (χ3n) is 2.39. The van der Waals surface area contributed by atoms with Gasteiger partial charge in [0.15, 0.2) is 0 Å². The second kappa shape index (κ2) is 7.12. The van der Waals surface area contributed by atoms with Crippen LogP contribution in [0.25, 0.3) is 0 Å². The Kier molecular flexibility index (Phi) is 5.51. The summed E-state index contributed by atoms with van der Waals surface area (Å²) in [6.07, 6.45) is 3.96. The van der Waals surface area contributed by atoms with Crippen LogP contribution in [0.1, 0.15) is 5.56 Å². The number of carboxylic acid groups (broad SMARTS) is 2. The molecule has 0 saturated carbocycles. The van der Waals surface area contributed by atoms with Gasteiger partial charge in [-0.05, 0) is 12.0 Å². The van der Waals surface area contributed by atoms with Gasteiger partial charge in [0, 0.05) is 19.8 Å². The molecule has 0 saturated heterocycles. The van der Waals surface area contributed by atoms with Crippen LogP contribution in [-0.2, 0) is 23.1 Å². The molecule has 0 radical (unpaired) electrons. The zero-order valence-corrected chi connectivity index (χ0v) is 10.9. The van der Waals surface area contributed by atoms with Crippen LogP contribution < -0.4 is 5.32 Å². The minimum atomic E-state index is -1.27. The molecule has 0 atom stereocenters. The molecule has 0 aliphatic carbocycles. The van der Waals surface area contributed by atoms with Crippen molar-refractivity contribution in [2.45, 2.75) is 6.42 Å². The monoisotopic (exact) mass is 284 g/mol. The fourth-order valence-corrected chi connectivity index (χ4v) is 1.55. The first-order valence-corrected chi connectivity index (χ1v) is 5.82. The molecule has 0 fully saturated rings. The van der Waals surface area contributed by atoms with E-state index in [2.05, 4.69) is 10.4 Å². The lowest BCUT2D eigenvalue weighted by atomic mass is 10.2. The summed E-state index contributed by atoms with van der Waals surface area (Å²) in [5.41, 5.74) is 0.913.